The number of methoxy groups -OCH3 is 1. The molecule has 3 fully saturated rings. The fourth-order valence-electron chi connectivity index (χ4n) is 7.41. The molecule has 2 saturated heterocycles. The minimum atomic E-state index is -0.904. The minimum absolute atomic E-state index is 0.00433. The highest BCUT2D eigenvalue weighted by Crippen LogP contribution is 2.41. The maximum Gasteiger partial charge on any atom is 0.271 e. The van der Waals surface area contributed by atoms with Gasteiger partial charge < -0.3 is 30.0 Å². The normalized spacial score (nSPS) is 23.7. The Morgan fingerprint density at radius 2 is 1.84 bits per heavy atom. The van der Waals surface area contributed by atoms with Crippen LogP contribution in [0.15, 0.2) is 54.6 Å². The molecule has 0 spiro atoms. The molecule has 45 heavy (non-hydrogen) atoms. The van der Waals surface area contributed by atoms with Crippen LogP contribution in [0.1, 0.15) is 61.0 Å². The topological polar surface area (TPSA) is 130 Å². The summed E-state index contributed by atoms with van der Waals surface area (Å²) in [4.78, 5) is 59.4. The molecule has 1 aliphatic carbocycles. The van der Waals surface area contributed by atoms with Crippen molar-refractivity contribution in [2.24, 2.45) is 17.8 Å². The first-order valence-electron chi connectivity index (χ1n) is 16.1. The number of H-pyrrole nitrogens is 1. The molecule has 3 aromatic rings. The van der Waals surface area contributed by atoms with Crippen LogP contribution in [-0.2, 0) is 25.7 Å². The van der Waals surface area contributed by atoms with Crippen LogP contribution in [0.4, 0.5) is 0 Å². The van der Waals surface area contributed by atoms with E-state index in [1.54, 1.807) is 18.1 Å². The number of ether oxygens (including phenoxy) is 2. The number of Topliss-reactive ketones (excluding diaryl/α,β-unsaturated/α-hetero) is 1. The fraction of sp³-hybridized carbons (Fsp3) is 0.486. The zero-order chi connectivity index (χ0) is 31.3. The van der Waals surface area contributed by atoms with Crippen molar-refractivity contribution in [2.75, 3.05) is 26.8 Å². The van der Waals surface area contributed by atoms with Crippen LogP contribution in [0, 0.1) is 17.8 Å². The average molecular weight is 615 g/mol. The number of piperidine rings is 1. The Bertz CT molecular complexity index is 1540. The van der Waals surface area contributed by atoms with Gasteiger partial charge >= 0.3 is 0 Å². The number of carbonyl (C=O) groups excluding carboxylic acids is 4. The molecule has 10 heteroatoms. The van der Waals surface area contributed by atoms with E-state index in [-0.39, 0.29) is 60.9 Å². The summed E-state index contributed by atoms with van der Waals surface area (Å²) >= 11 is 0. The molecular weight excluding hydrogens is 572 g/mol. The number of aromatic amines is 1. The molecular formula is C35H42N4O6. The number of amides is 3. The molecule has 6 rings (SSSR count). The van der Waals surface area contributed by atoms with Gasteiger partial charge in [0.15, 0.2) is 5.78 Å². The number of rotatable bonds is 11. The number of likely N-dealkylation sites (tertiary alicyclic amines) is 1. The Balaban J connectivity index is 1.22. The molecule has 3 amide bonds. The third-order valence-corrected chi connectivity index (χ3v) is 9.72. The van der Waals surface area contributed by atoms with E-state index in [1.807, 2.05) is 48.5 Å². The molecule has 3 aliphatic rings. The van der Waals surface area contributed by atoms with Crippen molar-refractivity contribution in [3.8, 4) is 5.75 Å². The number of hydrogen-bond acceptors (Lipinski definition) is 6. The molecule has 2 aromatic carbocycles. The minimum Gasteiger partial charge on any atom is -0.496 e. The van der Waals surface area contributed by atoms with Crippen molar-refractivity contribution in [2.45, 2.75) is 63.6 Å². The van der Waals surface area contributed by atoms with Gasteiger partial charge in [-0.3, -0.25) is 19.2 Å². The van der Waals surface area contributed by atoms with Crippen molar-refractivity contribution in [1.29, 1.82) is 0 Å². The Hall–Kier alpha value is -4.18. The summed E-state index contributed by atoms with van der Waals surface area (Å²) in [6.45, 7) is 1.17. The second-order valence-corrected chi connectivity index (χ2v) is 12.6. The van der Waals surface area contributed by atoms with Gasteiger partial charge in [0.25, 0.3) is 5.91 Å². The van der Waals surface area contributed by atoms with Gasteiger partial charge in [0.1, 0.15) is 24.1 Å². The third kappa shape index (κ3) is 6.76. The second-order valence-electron chi connectivity index (χ2n) is 12.6. The maximum absolute atomic E-state index is 14.2. The van der Waals surface area contributed by atoms with Gasteiger partial charge in [0.2, 0.25) is 11.8 Å². The van der Waals surface area contributed by atoms with E-state index >= 15 is 0 Å². The summed E-state index contributed by atoms with van der Waals surface area (Å²) in [5.41, 5.74) is 2.12. The second kappa shape index (κ2) is 13.9. The van der Waals surface area contributed by atoms with Crippen LogP contribution < -0.4 is 15.4 Å². The highest BCUT2D eigenvalue weighted by molar-refractivity contribution is 6.02. The summed E-state index contributed by atoms with van der Waals surface area (Å²) in [5.74, 6) is -0.474. The smallest absolute Gasteiger partial charge is 0.271 e. The summed E-state index contributed by atoms with van der Waals surface area (Å²) in [6, 6.07) is 15.3. The van der Waals surface area contributed by atoms with Crippen molar-refractivity contribution in [3.05, 3.63) is 65.9 Å². The zero-order valence-corrected chi connectivity index (χ0v) is 25.8. The van der Waals surface area contributed by atoms with Crippen molar-refractivity contribution in [3.63, 3.8) is 0 Å². The molecule has 1 aromatic heterocycles. The quantitative estimate of drug-likeness (QED) is 0.300. The van der Waals surface area contributed by atoms with Crippen LogP contribution >= 0.6 is 0 Å². The molecule has 3 N–H and O–H groups in total. The molecule has 5 atom stereocenters. The summed E-state index contributed by atoms with van der Waals surface area (Å²) in [5, 5.41) is 6.70. The third-order valence-electron chi connectivity index (χ3n) is 9.72. The first-order chi connectivity index (χ1) is 21.9. The van der Waals surface area contributed by atoms with E-state index in [0.29, 0.717) is 31.0 Å². The lowest BCUT2D eigenvalue weighted by Gasteiger charge is -2.32. The number of nitrogens with one attached hydrogen (secondary N) is 3. The molecule has 0 bridgehead atoms. The first-order valence-corrected chi connectivity index (χ1v) is 16.1. The van der Waals surface area contributed by atoms with Crippen LogP contribution in [0.3, 0.4) is 0 Å². The molecule has 238 valence electrons. The van der Waals surface area contributed by atoms with Crippen molar-refractivity contribution in [1.82, 2.24) is 20.5 Å². The molecule has 0 unspecified atom stereocenters. The number of carbonyl (C=O) groups is 4. The average Bonchev–Trinajstić information content (AvgIpc) is 3.68. The Kier molecular flexibility index (Phi) is 9.49. The maximum atomic E-state index is 14.2. The van der Waals surface area contributed by atoms with Gasteiger partial charge in [-0.25, -0.2) is 0 Å². The van der Waals surface area contributed by atoms with Gasteiger partial charge in [0, 0.05) is 29.9 Å². The summed E-state index contributed by atoms with van der Waals surface area (Å²) < 4.78 is 11.2. The first kappa shape index (κ1) is 30.8. The molecule has 3 heterocycles. The lowest BCUT2D eigenvalue weighted by molar-refractivity contribution is -0.135. The number of fused-ring (bicyclic) bond motifs is 2. The van der Waals surface area contributed by atoms with Gasteiger partial charge in [-0.2, -0.15) is 0 Å². The van der Waals surface area contributed by atoms with E-state index < -0.39 is 12.1 Å². The summed E-state index contributed by atoms with van der Waals surface area (Å²) in [7, 11) is 1.59. The summed E-state index contributed by atoms with van der Waals surface area (Å²) in [6.07, 6.45) is 5.53. The SMILES string of the molecule is COc1cccc2[nH]c(C(=O)N3C[C@H]4CCCC[C@H]4[C@@H]3C(=O)N[C@@H](C[C@@H]3CCCNC3=O)C(=O)COCc3ccccc3)cc12. The van der Waals surface area contributed by atoms with Gasteiger partial charge in [-0.15, -0.1) is 0 Å². The standard InChI is InChI=1S/C35H42N4O6/c1-44-31-15-7-14-27-26(31)18-29(37-27)35(43)39-19-24-11-5-6-13-25(24)32(39)34(42)38-28(17-23-12-8-16-36-33(23)41)30(40)21-45-20-22-9-3-2-4-10-22/h2-4,7,9-10,14-15,18,23-25,28,32,37H,5-6,8,11-13,16-17,19-21H2,1H3,(H,36,41)(H,38,42)/t23-,24+,25+,28-,32+/m0/s1. The zero-order valence-electron chi connectivity index (χ0n) is 25.8. The predicted molar refractivity (Wildman–Crippen MR) is 169 cm³/mol. The number of ketones is 1. The Morgan fingerprint density at radius 3 is 2.64 bits per heavy atom. The number of hydrogen-bond donors (Lipinski definition) is 3. The van der Waals surface area contributed by atoms with E-state index in [0.717, 1.165) is 48.6 Å². The van der Waals surface area contributed by atoms with E-state index in [1.165, 1.54) is 0 Å². The van der Waals surface area contributed by atoms with E-state index in [2.05, 4.69) is 15.6 Å². The van der Waals surface area contributed by atoms with E-state index in [9.17, 15) is 19.2 Å². The molecule has 2 aliphatic heterocycles. The largest absolute Gasteiger partial charge is 0.496 e. The van der Waals surface area contributed by atoms with Gasteiger partial charge in [0.05, 0.1) is 19.8 Å². The predicted octanol–water partition coefficient (Wildman–Crippen LogP) is 3.99. The highest BCUT2D eigenvalue weighted by Gasteiger charge is 2.49. The monoisotopic (exact) mass is 614 g/mol. The molecule has 1 saturated carbocycles. The van der Waals surface area contributed by atoms with Crippen LogP contribution in [0.2, 0.25) is 0 Å². The Morgan fingerprint density at radius 1 is 1.02 bits per heavy atom. The van der Waals surface area contributed by atoms with Gasteiger partial charge in [-0.05, 0) is 67.7 Å². The van der Waals surface area contributed by atoms with Crippen LogP contribution in [0.5, 0.6) is 5.75 Å². The lowest BCUT2D eigenvalue weighted by atomic mass is 9.78. The number of benzene rings is 2. The van der Waals surface area contributed by atoms with Crippen molar-refractivity contribution < 1.29 is 28.7 Å². The number of nitrogens with zero attached hydrogens (tertiary/aromatic N) is 1. The molecule has 0 radical (unpaired) electrons. The lowest BCUT2D eigenvalue weighted by Crippen LogP contribution is -2.54. The Labute approximate surface area is 263 Å². The highest BCUT2D eigenvalue weighted by atomic mass is 16.5. The number of aromatic nitrogens is 1. The molecule has 10 nitrogen and oxygen atoms in total. The van der Waals surface area contributed by atoms with Gasteiger partial charge in [-0.1, -0.05) is 49.2 Å². The van der Waals surface area contributed by atoms with E-state index in [4.69, 9.17) is 9.47 Å². The van der Waals surface area contributed by atoms with Crippen molar-refractivity contribution >= 4 is 34.4 Å². The van der Waals surface area contributed by atoms with Crippen LogP contribution in [0.25, 0.3) is 10.9 Å². The van der Waals surface area contributed by atoms with Crippen LogP contribution in [-0.4, -0.2) is 72.3 Å². The fourth-order valence-corrected chi connectivity index (χ4v) is 7.41.